The van der Waals surface area contributed by atoms with Gasteiger partial charge in [-0.15, -0.1) is 0 Å². The Balaban J connectivity index is 1.69. The third kappa shape index (κ3) is 4.10. The summed E-state index contributed by atoms with van der Waals surface area (Å²) < 4.78 is 12.6. The first-order valence-electron chi connectivity index (χ1n) is 8.87. The van der Waals surface area contributed by atoms with Gasteiger partial charge in [-0.25, -0.2) is 4.98 Å². The third-order valence-corrected chi connectivity index (χ3v) is 5.84. The van der Waals surface area contributed by atoms with E-state index in [1.807, 2.05) is 25.1 Å². The lowest BCUT2D eigenvalue weighted by Crippen LogP contribution is -2.14. The standard InChI is InChI=1S/C22H15Br2ClN2O3/c1-11-3-6-19-18(7-11)27-22(30-19)12-4-5-16(25)17(8-12)26-21(28)14-9-13(23)10-15(24)20(14)29-2/h3-10H,1-2H3,(H,26,28). The van der Waals surface area contributed by atoms with Crippen LogP contribution in [0.1, 0.15) is 15.9 Å². The Hall–Kier alpha value is -2.35. The van der Waals surface area contributed by atoms with Crippen molar-refractivity contribution in [1.82, 2.24) is 4.98 Å². The fraction of sp³-hybridized carbons (Fsp3) is 0.0909. The number of amides is 1. The minimum Gasteiger partial charge on any atom is -0.495 e. The summed E-state index contributed by atoms with van der Waals surface area (Å²) >= 11 is 13.1. The Morgan fingerprint density at radius 2 is 1.93 bits per heavy atom. The molecular formula is C22H15Br2ClN2O3. The number of aromatic nitrogens is 1. The van der Waals surface area contributed by atoms with Crippen LogP contribution in [-0.4, -0.2) is 18.0 Å². The van der Waals surface area contributed by atoms with Crippen molar-refractivity contribution in [3.05, 3.63) is 73.6 Å². The first-order chi connectivity index (χ1) is 14.4. The Kier molecular flexibility index (Phi) is 5.86. The summed E-state index contributed by atoms with van der Waals surface area (Å²) in [4.78, 5) is 17.5. The molecule has 0 spiro atoms. The van der Waals surface area contributed by atoms with E-state index in [9.17, 15) is 4.79 Å². The van der Waals surface area contributed by atoms with Crippen LogP contribution in [0.15, 0.2) is 61.9 Å². The Labute approximate surface area is 194 Å². The quantitative estimate of drug-likeness (QED) is 0.291. The van der Waals surface area contributed by atoms with E-state index in [4.69, 9.17) is 20.8 Å². The highest BCUT2D eigenvalue weighted by molar-refractivity contribution is 9.11. The summed E-state index contributed by atoms with van der Waals surface area (Å²) in [5.41, 5.74) is 4.06. The molecule has 0 saturated heterocycles. The zero-order valence-electron chi connectivity index (χ0n) is 15.9. The maximum atomic E-state index is 12.9. The normalized spacial score (nSPS) is 11.0. The minimum absolute atomic E-state index is 0.359. The predicted octanol–water partition coefficient (Wildman–Crippen LogP) is 7.24. The molecule has 1 aromatic heterocycles. The Bertz CT molecular complexity index is 1290. The molecule has 4 rings (SSSR count). The maximum absolute atomic E-state index is 12.9. The van der Waals surface area contributed by atoms with E-state index in [0.29, 0.717) is 43.5 Å². The van der Waals surface area contributed by atoms with Gasteiger partial charge in [0.05, 0.1) is 27.9 Å². The summed E-state index contributed by atoms with van der Waals surface area (Å²) in [5.74, 6) is 0.518. The molecule has 0 aliphatic rings. The number of nitrogens with zero attached hydrogens (tertiary/aromatic N) is 1. The van der Waals surface area contributed by atoms with Crippen molar-refractivity contribution in [3.63, 3.8) is 0 Å². The molecule has 5 nitrogen and oxygen atoms in total. The van der Waals surface area contributed by atoms with Crippen LogP contribution in [0, 0.1) is 6.92 Å². The van der Waals surface area contributed by atoms with Crippen LogP contribution in [-0.2, 0) is 0 Å². The molecule has 0 saturated carbocycles. The van der Waals surface area contributed by atoms with E-state index in [2.05, 4.69) is 42.2 Å². The average Bonchev–Trinajstić information content (AvgIpc) is 3.12. The van der Waals surface area contributed by atoms with Crippen LogP contribution in [0.2, 0.25) is 5.02 Å². The van der Waals surface area contributed by atoms with E-state index in [-0.39, 0.29) is 5.91 Å². The number of aryl methyl sites for hydroxylation is 1. The first-order valence-corrected chi connectivity index (χ1v) is 10.8. The molecule has 1 heterocycles. The number of benzene rings is 3. The number of nitrogens with one attached hydrogen (secondary N) is 1. The molecule has 1 N–H and O–H groups in total. The van der Waals surface area contributed by atoms with Gasteiger partial charge in [0, 0.05) is 10.0 Å². The number of rotatable bonds is 4. The van der Waals surface area contributed by atoms with E-state index >= 15 is 0 Å². The zero-order chi connectivity index (χ0) is 21.4. The molecule has 0 aliphatic carbocycles. The smallest absolute Gasteiger partial charge is 0.259 e. The lowest BCUT2D eigenvalue weighted by atomic mass is 10.1. The first kappa shape index (κ1) is 20.9. The van der Waals surface area contributed by atoms with Crippen molar-refractivity contribution < 1.29 is 13.9 Å². The maximum Gasteiger partial charge on any atom is 0.259 e. The molecule has 0 radical (unpaired) electrons. The number of fused-ring (bicyclic) bond motifs is 1. The van der Waals surface area contributed by atoms with Gasteiger partial charge < -0.3 is 14.5 Å². The third-order valence-electron chi connectivity index (χ3n) is 4.46. The SMILES string of the molecule is COc1c(Br)cc(Br)cc1C(=O)Nc1cc(-c2nc3cc(C)ccc3o2)ccc1Cl. The van der Waals surface area contributed by atoms with Crippen LogP contribution >= 0.6 is 43.5 Å². The fourth-order valence-corrected chi connectivity index (χ4v) is 4.59. The van der Waals surface area contributed by atoms with E-state index in [1.54, 1.807) is 30.3 Å². The molecular weight excluding hydrogens is 536 g/mol. The van der Waals surface area contributed by atoms with Crippen molar-refractivity contribution in [2.45, 2.75) is 6.92 Å². The molecule has 1 amide bonds. The van der Waals surface area contributed by atoms with Gasteiger partial charge in [0.25, 0.3) is 5.91 Å². The number of halogens is 3. The molecule has 0 aliphatic heterocycles. The Morgan fingerprint density at radius 1 is 1.13 bits per heavy atom. The highest BCUT2D eigenvalue weighted by Gasteiger charge is 2.18. The van der Waals surface area contributed by atoms with Crippen LogP contribution in [0.3, 0.4) is 0 Å². The minimum atomic E-state index is -0.360. The van der Waals surface area contributed by atoms with Gasteiger partial charge in [0.1, 0.15) is 11.3 Å². The fourth-order valence-electron chi connectivity index (χ4n) is 3.04. The lowest BCUT2D eigenvalue weighted by Gasteiger charge is -2.13. The molecule has 4 aromatic rings. The van der Waals surface area contributed by atoms with Gasteiger partial charge in [0.15, 0.2) is 5.58 Å². The summed E-state index contributed by atoms with van der Waals surface area (Å²) in [6.45, 7) is 2.00. The van der Waals surface area contributed by atoms with Crippen LogP contribution in [0.25, 0.3) is 22.6 Å². The number of hydrogen-bond donors (Lipinski definition) is 1. The number of hydrogen-bond acceptors (Lipinski definition) is 4. The number of carbonyl (C=O) groups is 1. The predicted molar refractivity (Wildman–Crippen MR) is 126 cm³/mol. The van der Waals surface area contributed by atoms with Crippen LogP contribution in [0.4, 0.5) is 5.69 Å². The number of oxazole rings is 1. The van der Waals surface area contributed by atoms with Crippen molar-refractivity contribution in [1.29, 1.82) is 0 Å². The van der Waals surface area contributed by atoms with Gasteiger partial charge in [-0.05, 0) is 70.9 Å². The topological polar surface area (TPSA) is 64.4 Å². The van der Waals surface area contributed by atoms with E-state index in [0.717, 1.165) is 15.6 Å². The Morgan fingerprint density at radius 3 is 2.70 bits per heavy atom. The average molecular weight is 551 g/mol. The number of ether oxygens (including phenoxy) is 1. The van der Waals surface area contributed by atoms with Gasteiger partial charge >= 0.3 is 0 Å². The van der Waals surface area contributed by atoms with Gasteiger partial charge in [-0.3, -0.25) is 4.79 Å². The second kappa shape index (κ2) is 8.41. The van der Waals surface area contributed by atoms with Gasteiger partial charge in [0.2, 0.25) is 5.89 Å². The molecule has 0 atom stereocenters. The van der Waals surface area contributed by atoms with Crippen LogP contribution < -0.4 is 10.1 Å². The van der Waals surface area contributed by atoms with E-state index < -0.39 is 0 Å². The molecule has 30 heavy (non-hydrogen) atoms. The number of carbonyl (C=O) groups excluding carboxylic acids is 1. The highest BCUT2D eigenvalue weighted by Crippen LogP contribution is 2.35. The summed E-state index contributed by atoms with van der Waals surface area (Å²) in [5, 5.41) is 3.24. The monoisotopic (exact) mass is 548 g/mol. The second-order valence-electron chi connectivity index (χ2n) is 6.61. The summed E-state index contributed by atoms with van der Waals surface area (Å²) in [7, 11) is 1.51. The largest absolute Gasteiger partial charge is 0.495 e. The second-order valence-corrected chi connectivity index (χ2v) is 8.78. The zero-order valence-corrected chi connectivity index (χ0v) is 19.9. The number of methoxy groups -OCH3 is 1. The van der Waals surface area contributed by atoms with Crippen molar-refractivity contribution in [3.8, 4) is 17.2 Å². The van der Waals surface area contributed by atoms with Crippen molar-refractivity contribution >= 4 is 66.2 Å². The number of anilines is 1. The van der Waals surface area contributed by atoms with Crippen LogP contribution in [0.5, 0.6) is 5.75 Å². The molecule has 0 bridgehead atoms. The van der Waals surface area contributed by atoms with Gasteiger partial charge in [-0.2, -0.15) is 0 Å². The summed E-state index contributed by atoms with van der Waals surface area (Å²) in [6.07, 6.45) is 0. The molecule has 8 heteroatoms. The molecule has 0 unspecified atom stereocenters. The molecule has 152 valence electrons. The van der Waals surface area contributed by atoms with Crippen molar-refractivity contribution in [2.24, 2.45) is 0 Å². The lowest BCUT2D eigenvalue weighted by molar-refractivity contribution is 0.102. The molecule has 0 fully saturated rings. The van der Waals surface area contributed by atoms with Gasteiger partial charge in [-0.1, -0.05) is 33.6 Å². The molecule has 3 aromatic carbocycles. The van der Waals surface area contributed by atoms with E-state index in [1.165, 1.54) is 7.11 Å². The van der Waals surface area contributed by atoms with Crippen molar-refractivity contribution in [2.75, 3.05) is 12.4 Å². The highest BCUT2D eigenvalue weighted by atomic mass is 79.9. The summed E-state index contributed by atoms with van der Waals surface area (Å²) in [6, 6.07) is 14.5.